The summed E-state index contributed by atoms with van der Waals surface area (Å²) < 4.78 is 6.16. The van der Waals surface area contributed by atoms with Gasteiger partial charge < -0.3 is 10.5 Å². The summed E-state index contributed by atoms with van der Waals surface area (Å²) in [6.45, 7) is 3.83. The summed E-state index contributed by atoms with van der Waals surface area (Å²) in [4.78, 5) is 0. The Hall–Kier alpha value is -0.650. The molecular formula is C10H15BrClN3O. The number of benzene rings is 1. The quantitative estimate of drug-likeness (QED) is 0.721. The van der Waals surface area contributed by atoms with Crippen molar-refractivity contribution in [3.8, 4) is 5.75 Å². The molecule has 16 heavy (non-hydrogen) atoms. The largest absolute Gasteiger partial charge is 0.495 e. The topological polar surface area (TPSA) is 83.0 Å². The lowest BCUT2D eigenvalue weighted by Gasteiger charge is -2.16. The molecule has 1 rings (SSSR count). The molecule has 6 heteroatoms. The molecule has 0 saturated carbocycles. The normalized spacial score (nSPS) is 11.4. The maximum Gasteiger partial charge on any atom is 0.138 e. The van der Waals surface area contributed by atoms with Gasteiger partial charge in [0.1, 0.15) is 5.75 Å². The van der Waals surface area contributed by atoms with Crippen molar-refractivity contribution in [2.24, 2.45) is 5.73 Å². The third-order valence-electron chi connectivity index (χ3n) is 2.13. The fourth-order valence-corrected chi connectivity index (χ4v) is 2.19. The van der Waals surface area contributed by atoms with E-state index >= 15 is 0 Å². The lowest BCUT2D eigenvalue weighted by Crippen LogP contribution is -2.08. The molecule has 0 spiro atoms. The van der Waals surface area contributed by atoms with Gasteiger partial charge in [-0.25, -0.2) is 11.1 Å². The monoisotopic (exact) mass is 307 g/mol. The van der Waals surface area contributed by atoms with Gasteiger partial charge in [0, 0.05) is 16.6 Å². The molecule has 1 atom stereocenters. The van der Waals surface area contributed by atoms with E-state index in [1.165, 1.54) is 0 Å². The maximum atomic E-state index is 6.05. The molecule has 1 aromatic rings. The highest BCUT2D eigenvalue weighted by Gasteiger charge is 2.15. The Bertz CT molecular complexity index is 372. The fourth-order valence-electron chi connectivity index (χ4n) is 1.26. The van der Waals surface area contributed by atoms with Crippen LogP contribution in [0.5, 0.6) is 5.75 Å². The summed E-state index contributed by atoms with van der Waals surface area (Å²) in [7, 11) is 1.62. The first kappa shape index (κ1) is 15.3. The van der Waals surface area contributed by atoms with Crippen LogP contribution < -0.4 is 10.5 Å². The Morgan fingerprint density at radius 1 is 1.50 bits per heavy atom. The Kier molecular flexibility index (Phi) is 6.55. The van der Waals surface area contributed by atoms with Gasteiger partial charge in [-0.1, -0.05) is 11.6 Å². The standard InChI is InChI=1S/C10H13BrClNO.H2N2/c1-5-8(12)4-7(6(2)13)10(14-3)9(5)11;1-2/h4,6H,13H2,1-3H3;1-2H. The molecule has 0 heterocycles. The first-order chi connectivity index (χ1) is 7.49. The summed E-state index contributed by atoms with van der Waals surface area (Å²) in [6, 6.07) is 1.75. The van der Waals surface area contributed by atoms with E-state index in [4.69, 9.17) is 33.1 Å². The number of rotatable bonds is 2. The molecule has 0 aliphatic carbocycles. The Balaban J connectivity index is 0.00000106. The molecule has 0 aliphatic heterocycles. The number of nitrogens with two attached hydrogens (primary N) is 1. The molecule has 0 aliphatic rings. The average Bonchev–Trinajstić information content (AvgIpc) is 2.28. The third kappa shape index (κ3) is 3.17. The van der Waals surface area contributed by atoms with Crippen molar-refractivity contribution in [2.75, 3.05) is 7.11 Å². The summed E-state index contributed by atoms with van der Waals surface area (Å²) in [5, 5.41) is 0.699. The van der Waals surface area contributed by atoms with Crippen molar-refractivity contribution in [3.05, 3.63) is 26.7 Å². The molecule has 0 bridgehead atoms. The number of methoxy groups -OCH3 is 1. The second-order valence-electron chi connectivity index (χ2n) is 3.21. The van der Waals surface area contributed by atoms with Crippen LogP contribution in [0.4, 0.5) is 0 Å². The van der Waals surface area contributed by atoms with E-state index in [2.05, 4.69) is 15.9 Å². The van der Waals surface area contributed by atoms with Crippen molar-refractivity contribution in [1.29, 1.82) is 11.1 Å². The van der Waals surface area contributed by atoms with E-state index in [9.17, 15) is 0 Å². The Morgan fingerprint density at radius 3 is 2.38 bits per heavy atom. The maximum absolute atomic E-state index is 6.05. The first-order valence-electron chi connectivity index (χ1n) is 4.52. The number of nitrogens with one attached hydrogen (secondary N) is 2. The zero-order chi connectivity index (χ0) is 12.9. The molecule has 90 valence electrons. The zero-order valence-corrected chi connectivity index (χ0v) is 11.7. The van der Waals surface area contributed by atoms with Crippen molar-refractivity contribution < 1.29 is 4.74 Å². The van der Waals surface area contributed by atoms with Gasteiger partial charge in [0.15, 0.2) is 0 Å². The molecule has 1 unspecified atom stereocenters. The van der Waals surface area contributed by atoms with Gasteiger partial charge >= 0.3 is 0 Å². The van der Waals surface area contributed by atoms with Crippen LogP contribution in [0.15, 0.2) is 10.5 Å². The van der Waals surface area contributed by atoms with Gasteiger partial charge in [-0.2, -0.15) is 0 Å². The molecule has 1 aromatic carbocycles. The van der Waals surface area contributed by atoms with Crippen LogP contribution in [0.1, 0.15) is 24.1 Å². The van der Waals surface area contributed by atoms with Crippen LogP contribution in [-0.2, 0) is 0 Å². The molecule has 0 radical (unpaired) electrons. The van der Waals surface area contributed by atoms with Gasteiger partial charge in [-0.3, -0.25) is 0 Å². The lowest BCUT2D eigenvalue weighted by atomic mass is 10.1. The lowest BCUT2D eigenvalue weighted by molar-refractivity contribution is 0.404. The second-order valence-corrected chi connectivity index (χ2v) is 4.41. The van der Waals surface area contributed by atoms with Crippen LogP contribution in [0.3, 0.4) is 0 Å². The van der Waals surface area contributed by atoms with Crippen LogP contribution >= 0.6 is 27.5 Å². The minimum absolute atomic E-state index is 0.0978. The summed E-state index contributed by atoms with van der Waals surface area (Å²) >= 11 is 9.50. The highest BCUT2D eigenvalue weighted by atomic mass is 79.9. The molecule has 4 nitrogen and oxygen atoms in total. The molecule has 0 amide bonds. The van der Waals surface area contributed by atoms with Crippen molar-refractivity contribution >= 4 is 27.5 Å². The average molecular weight is 309 g/mol. The van der Waals surface area contributed by atoms with E-state index < -0.39 is 0 Å². The molecular weight excluding hydrogens is 293 g/mol. The SMILES string of the molecule is COc1c(C(C)N)cc(Cl)c(C)c1Br.N=N. The van der Waals surface area contributed by atoms with Crippen LogP contribution in [0.2, 0.25) is 5.02 Å². The summed E-state index contributed by atoms with van der Waals surface area (Å²) in [5.74, 6) is 0.766. The number of ether oxygens (including phenoxy) is 1. The van der Waals surface area contributed by atoms with Gasteiger partial charge in [-0.15, -0.1) is 0 Å². The Labute approximate surface area is 109 Å². The van der Waals surface area contributed by atoms with Gasteiger partial charge in [0.05, 0.1) is 11.6 Å². The van der Waals surface area contributed by atoms with Crippen LogP contribution in [0, 0.1) is 18.0 Å². The van der Waals surface area contributed by atoms with E-state index in [0.29, 0.717) is 5.02 Å². The van der Waals surface area contributed by atoms with Crippen LogP contribution in [-0.4, -0.2) is 7.11 Å². The van der Waals surface area contributed by atoms with E-state index in [1.54, 1.807) is 7.11 Å². The van der Waals surface area contributed by atoms with E-state index in [0.717, 1.165) is 21.3 Å². The predicted molar refractivity (Wildman–Crippen MR) is 68.5 cm³/mol. The zero-order valence-electron chi connectivity index (χ0n) is 9.40. The molecule has 0 fully saturated rings. The minimum Gasteiger partial charge on any atom is -0.495 e. The number of hydrogen-bond donors (Lipinski definition) is 3. The van der Waals surface area contributed by atoms with E-state index in [1.807, 2.05) is 19.9 Å². The first-order valence-corrected chi connectivity index (χ1v) is 5.69. The molecule has 4 N–H and O–H groups in total. The number of halogens is 2. The van der Waals surface area contributed by atoms with Crippen molar-refractivity contribution in [3.63, 3.8) is 0 Å². The second kappa shape index (κ2) is 6.83. The van der Waals surface area contributed by atoms with Crippen molar-refractivity contribution in [2.45, 2.75) is 19.9 Å². The molecule has 0 aromatic heterocycles. The molecule has 0 saturated heterocycles. The summed E-state index contributed by atoms with van der Waals surface area (Å²) in [6.07, 6.45) is 0. The Morgan fingerprint density at radius 2 is 2.00 bits per heavy atom. The highest BCUT2D eigenvalue weighted by molar-refractivity contribution is 9.10. The smallest absolute Gasteiger partial charge is 0.138 e. The summed E-state index contributed by atoms with van der Waals surface area (Å²) in [5.41, 5.74) is 17.7. The van der Waals surface area contributed by atoms with E-state index in [-0.39, 0.29) is 6.04 Å². The highest BCUT2D eigenvalue weighted by Crippen LogP contribution is 2.38. The fraction of sp³-hybridized carbons (Fsp3) is 0.400. The van der Waals surface area contributed by atoms with Gasteiger partial charge in [-0.05, 0) is 41.4 Å². The minimum atomic E-state index is -0.0978. The van der Waals surface area contributed by atoms with Crippen molar-refractivity contribution in [1.82, 2.24) is 0 Å². The van der Waals surface area contributed by atoms with Crippen LogP contribution in [0.25, 0.3) is 0 Å². The number of hydrogen-bond acceptors (Lipinski definition) is 4. The van der Waals surface area contributed by atoms with Gasteiger partial charge in [0.25, 0.3) is 0 Å². The third-order valence-corrected chi connectivity index (χ3v) is 3.47. The van der Waals surface area contributed by atoms with Gasteiger partial charge in [0.2, 0.25) is 0 Å². The predicted octanol–water partition coefficient (Wildman–Crippen LogP) is 4.04.